The molecule has 2 N–H and O–H groups in total. The number of nitrogens with zero attached hydrogens (tertiary/aromatic N) is 1. The van der Waals surface area contributed by atoms with Crippen molar-refractivity contribution < 1.29 is 4.74 Å². The molecule has 1 fully saturated rings. The summed E-state index contributed by atoms with van der Waals surface area (Å²) in [6, 6.07) is 0.615. The van der Waals surface area contributed by atoms with Crippen LogP contribution in [-0.2, 0) is 4.74 Å². The molecule has 2 atom stereocenters. The molecular formula is C14H30IN3O. The number of aliphatic imine (C=N–C) groups is 1. The number of halogens is 1. The van der Waals surface area contributed by atoms with Gasteiger partial charge in [0.25, 0.3) is 0 Å². The minimum absolute atomic E-state index is 0. The van der Waals surface area contributed by atoms with Crippen LogP contribution >= 0.6 is 24.0 Å². The van der Waals surface area contributed by atoms with Crippen molar-refractivity contribution in [1.82, 2.24) is 10.6 Å². The van der Waals surface area contributed by atoms with Gasteiger partial charge in [-0.05, 0) is 31.6 Å². The predicted octanol–water partition coefficient (Wildman–Crippen LogP) is 2.63. The first-order chi connectivity index (χ1) is 8.63. The third-order valence-corrected chi connectivity index (χ3v) is 3.12. The maximum atomic E-state index is 5.55. The van der Waals surface area contributed by atoms with Crippen LogP contribution in [0.4, 0.5) is 0 Å². The molecule has 1 aliphatic rings. The monoisotopic (exact) mass is 383 g/mol. The van der Waals surface area contributed by atoms with Crippen LogP contribution < -0.4 is 10.6 Å². The average Bonchev–Trinajstić information content (AvgIpc) is 2.99. The molecule has 0 heterocycles. The zero-order valence-electron chi connectivity index (χ0n) is 12.7. The lowest BCUT2D eigenvalue weighted by Crippen LogP contribution is -2.39. The Morgan fingerprint density at radius 2 is 2.05 bits per heavy atom. The fraction of sp³-hybridized carbons (Fsp3) is 0.929. The van der Waals surface area contributed by atoms with Crippen LogP contribution in [0.5, 0.6) is 0 Å². The Balaban J connectivity index is 0.00000324. The lowest BCUT2D eigenvalue weighted by Gasteiger charge is -2.11. The molecule has 0 aromatic heterocycles. The standard InChI is InChI=1S/C14H29N3O.HI/c1-5-15-14(17-13-10-12(13)4)16-7-9-18-8-6-11(2)3;/h11-13H,5-10H2,1-4H3,(H2,15,16,17);1H. The van der Waals surface area contributed by atoms with Gasteiger partial charge >= 0.3 is 0 Å². The average molecular weight is 383 g/mol. The van der Waals surface area contributed by atoms with E-state index < -0.39 is 0 Å². The van der Waals surface area contributed by atoms with E-state index in [1.54, 1.807) is 0 Å². The van der Waals surface area contributed by atoms with E-state index in [4.69, 9.17) is 4.74 Å². The van der Waals surface area contributed by atoms with Crippen LogP contribution in [0.15, 0.2) is 4.99 Å². The molecule has 0 spiro atoms. The van der Waals surface area contributed by atoms with E-state index >= 15 is 0 Å². The van der Waals surface area contributed by atoms with Gasteiger partial charge in [0.2, 0.25) is 0 Å². The van der Waals surface area contributed by atoms with Gasteiger partial charge in [-0.25, -0.2) is 0 Å². The van der Waals surface area contributed by atoms with E-state index in [9.17, 15) is 0 Å². The fourth-order valence-electron chi connectivity index (χ4n) is 1.66. The summed E-state index contributed by atoms with van der Waals surface area (Å²) in [7, 11) is 0. The first-order valence-electron chi connectivity index (χ1n) is 7.26. The van der Waals surface area contributed by atoms with Crippen LogP contribution in [0.3, 0.4) is 0 Å². The Morgan fingerprint density at radius 1 is 1.37 bits per heavy atom. The summed E-state index contributed by atoms with van der Waals surface area (Å²) in [5.41, 5.74) is 0. The van der Waals surface area contributed by atoms with E-state index in [0.29, 0.717) is 18.6 Å². The maximum Gasteiger partial charge on any atom is 0.191 e. The normalized spacial score (nSPS) is 22.1. The number of guanidine groups is 1. The molecule has 19 heavy (non-hydrogen) atoms. The number of hydrogen-bond acceptors (Lipinski definition) is 2. The Morgan fingerprint density at radius 3 is 2.58 bits per heavy atom. The smallest absolute Gasteiger partial charge is 0.191 e. The molecule has 1 rings (SSSR count). The minimum Gasteiger partial charge on any atom is -0.380 e. The second-order valence-corrected chi connectivity index (χ2v) is 5.52. The van der Waals surface area contributed by atoms with E-state index in [0.717, 1.165) is 38.0 Å². The van der Waals surface area contributed by atoms with Gasteiger partial charge in [-0.1, -0.05) is 20.8 Å². The highest BCUT2D eigenvalue weighted by Crippen LogP contribution is 2.28. The molecule has 0 saturated heterocycles. The van der Waals surface area contributed by atoms with Crippen LogP contribution in [0.2, 0.25) is 0 Å². The zero-order valence-corrected chi connectivity index (χ0v) is 15.1. The fourth-order valence-corrected chi connectivity index (χ4v) is 1.66. The highest BCUT2D eigenvalue weighted by molar-refractivity contribution is 14.0. The molecule has 2 unspecified atom stereocenters. The Kier molecular flexibility index (Phi) is 10.7. The summed E-state index contributed by atoms with van der Waals surface area (Å²) in [5.74, 6) is 2.43. The van der Waals surface area contributed by atoms with Gasteiger partial charge in [-0.15, -0.1) is 24.0 Å². The third-order valence-electron chi connectivity index (χ3n) is 3.12. The summed E-state index contributed by atoms with van der Waals surface area (Å²) in [6.07, 6.45) is 2.39. The molecule has 4 nitrogen and oxygen atoms in total. The molecule has 0 aromatic rings. The molecule has 1 aliphatic carbocycles. The van der Waals surface area contributed by atoms with Crippen molar-refractivity contribution in [3.8, 4) is 0 Å². The van der Waals surface area contributed by atoms with E-state index in [1.807, 2.05) is 0 Å². The highest BCUT2D eigenvalue weighted by atomic mass is 127. The third kappa shape index (κ3) is 9.49. The summed E-state index contributed by atoms with van der Waals surface area (Å²) in [4.78, 5) is 4.51. The number of hydrogen-bond donors (Lipinski definition) is 2. The number of ether oxygens (including phenoxy) is 1. The second-order valence-electron chi connectivity index (χ2n) is 5.52. The molecule has 114 valence electrons. The van der Waals surface area contributed by atoms with Crippen molar-refractivity contribution in [2.45, 2.75) is 46.6 Å². The number of rotatable bonds is 8. The molecule has 0 amide bonds. The van der Waals surface area contributed by atoms with Gasteiger partial charge in [0, 0.05) is 19.2 Å². The minimum atomic E-state index is 0. The van der Waals surface area contributed by atoms with Gasteiger partial charge in [0.15, 0.2) is 5.96 Å². The highest BCUT2D eigenvalue weighted by Gasteiger charge is 2.33. The summed E-state index contributed by atoms with van der Waals surface area (Å²) < 4.78 is 5.55. The van der Waals surface area contributed by atoms with Crippen molar-refractivity contribution in [2.24, 2.45) is 16.8 Å². The first kappa shape index (κ1) is 19.0. The Bertz CT molecular complexity index is 259. The second kappa shape index (κ2) is 10.7. The summed E-state index contributed by atoms with van der Waals surface area (Å²) in [5, 5.41) is 6.70. The molecular weight excluding hydrogens is 353 g/mol. The summed E-state index contributed by atoms with van der Waals surface area (Å²) >= 11 is 0. The largest absolute Gasteiger partial charge is 0.380 e. The Hall–Kier alpha value is -0.0400. The number of nitrogens with one attached hydrogen (secondary N) is 2. The van der Waals surface area contributed by atoms with E-state index in [-0.39, 0.29) is 24.0 Å². The van der Waals surface area contributed by atoms with Crippen LogP contribution in [0, 0.1) is 11.8 Å². The summed E-state index contributed by atoms with van der Waals surface area (Å²) in [6.45, 7) is 12.0. The van der Waals surface area contributed by atoms with Crippen molar-refractivity contribution in [2.75, 3.05) is 26.3 Å². The molecule has 0 bridgehead atoms. The molecule has 0 aliphatic heterocycles. The zero-order chi connectivity index (χ0) is 13.4. The van der Waals surface area contributed by atoms with Gasteiger partial charge in [-0.2, -0.15) is 0 Å². The van der Waals surface area contributed by atoms with Gasteiger partial charge < -0.3 is 15.4 Å². The molecule has 5 heteroatoms. The van der Waals surface area contributed by atoms with E-state index in [1.165, 1.54) is 6.42 Å². The molecule has 0 radical (unpaired) electrons. The first-order valence-corrected chi connectivity index (χ1v) is 7.26. The molecule has 1 saturated carbocycles. The van der Waals surface area contributed by atoms with Gasteiger partial charge in [0.05, 0.1) is 13.2 Å². The quantitative estimate of drug-likeness (QED) is 0.293. The van der Waals surface area contributed by atoms with Gasteiger partial charge in [-0.3, -0.25) is 4.99 Å². The lowest BCUT2D eigenvalue weighted by atomic mass is 10.1. The Labute approximate surface area is 135 Å². The van der Waals surface area contributed by atoms with Crippen molar-refractivity contribution in [3.05, 3.63) is 0 Å². The van der Waals surface area contributed by atoms with Crippen molar-refractivity contribution >= 4 is 29.9 Å². The SMILES string of the molecule is CCNC(=NCCOCCC(C)C)NC1CC1C.I. The van der Waals surface area contributed by atoms with Crippen LogP contribution in [-0.4, -0.2) is 38.3 Å². The molecule has 0 aromatic carbocycles. The lowest BCUT2D eigenvalue weighted by molar-refractivity contribution is 0.130. The van der Waals surface area contributed by atoms with Crippen LogP contribution in [0.1, 0.15) is 40.5 Å². The van der Waals surface area contributed by atoms with Crippen molar-refractivity contribution in [1.29, 1.82) is 0 Å². The van der Waals surface area contributed by atoms with E-state index in [2.05, 4.69) is 43.3 Å². The predicted molar refractivity (Wildman–Crippen MR) is 92.4 cm³/mol. The van der Waals surface area contributed by atoms with Crippen molar-refractivity contribution in [3.63, 3.8) is 0 Å². The maximum absolute atomic E-state index is 5.55. The van der Waals surface area contributed by atoms with Crippen LogP contribution in [0.25, 0.3) is 0 Å². The van der Waals surface area contributed by atoms with Gasteiger partial charge in [0.1, 0.15) is 0 Å². The topological polar surface area (TPSA) is 45.7 Å².